The zero-order valence-electron chi connectivity index (χ0n) is 15.0. The smallest absolute Gasteiger partial charge is 0.223 e. The SMILES string of the molecule is c1cnc(-c2cnc(NCCCN3CCOCC3)nc2-c2ccoc2)cn1. The molecule has 1 saturated heterocycles. The fraction of sp³-hybridized carbons (Fsp3) is 0.368. The van der Waals surface area contributed by atoms with Crippen LogP contribution in [0, 0.1) is 0 Å². The number of rotatable bonds is 7. The van der Waals surface area contributed by atoms with Gasteiger partial charge in [-0.3, -0.25) is 14.9 Å². The van der Waals surface area contributed by atoms with Gasteiger partial charge in [-0.25, -0.2) is 9.97 Å². The maximum atomic E-state index is 5.38. The quantitative estimate of drug-likeness (QED) is 0.637. The van der Waals surface area contributed by atoms with E-state index in [1.807, 2.05) is 6.07 Å². The number of nitrogens with zero attached hydrogens (tertiary/aromatic N) is 5. The Morgan fingerprint density at radius 1 is 1.11 bits per heavy atom. The molecule has 140 valence electrons. The number of anilines is 1. The lowest BCUT2D eigenvalue weighted by atomic mass is 10.1. The molecule has 0 atom stereocenters. The summed E-state index contributed by atoms with van der Waals surface area (Å²) in [7, 11) is 0. The van der Waals surface area contributed by atoms with Crippen molar-refractivity contribution in [3.63, 3.8) is 0 Å². The lowest BCUT2D eigenvalue weighted by molar-refractivity contribution is 0.0378. The number of hydrogen-bond acceptors (Lipinski definition) is 8. The fourth-order valence-corrected chi connectivity index (χ4v) is 3.04. The first kappa shape index (κ1) is 17.6. The first-order valence-corrected chi connectivity index (χ1v) is 9.10. The van der Waals surface area contributed by atoms with Gasteiger partial charge in [0.25, 0.3) is 0 Å². The van der Waals surface area contributed by atoms with Crippen LogP contribution in [0.4, 0.5) is 5.95 Å². The molecular formula is C19H22N6O2. The Labute approximate surface area is 157 Å². The van der Waals surface area contributed by atoms with Gasteiger partial charge in [0.1, 0.15) is 0 Å². The van der Waals surface area contributed by atoms with Crippen molar-refractivity contribution in [2.24, 2.45) is 0 Å². The molecular weight excluding hydrogens is 344 g/mol. The summed E-state index contributed by atoms with van der Waals surface area (Å²) in [4.78, 5) is 20.1. The molecule has 27 heavy (non-hydrogen) atoms. The molecule has 1 aliphatic heterocycles. The average Bonchev–Trinajstić information content (AvgIpc) is 3.27. The molecule has 1 N–H and O–H groups in total. The first-order valence-electron chi connectivity index (χ1n) is 9.10. The van der Waals surface area contributed by atoms with E-state index in [0.717, 1.165) is 68.3 Å². The van der Waals surface area contributed by atoms with Crippen LogP contribution in [0.2, 0.25) is 0 Å². The van der Waals surface area contributed by atoms with Crippen molar-refractivity contribution >= 4 is 5.95 Å². The normalized spacial score (nSPS) is 15.0. The van der Waals surface area contributed by atoms with E-state index >= 15 is 0 Å². The molecule has 0 unspecified atom stereocenters. The van der Waals surface area contributed by atoms with E-state index in [9.17, 15) is 0 Å². The number of ether oxygens (including phenoxy) is 1. The highest BCUT2D eigenvalue weighted by Crippen LogP contribution is 2.29. The van der Waals surface area contributed by atoms with Crippen LogP contribution in [0.15, 0.2) is 47.8 Å². The Kier molecular flexibility index (Phi) is 5.66. The van der Waals surface area contributed by atoms with Crippen LogP contribution in [0.1, 0.15) is 6.42 Å². The molecule has 8 nitrogen and oxygen atoms in total. The summed E-state index contributed by atoms with van der Waals surface area (Å²) in [5, 5.41) is 3.32. The van der Waals surface area contributed by atoms with Gasteiger partial charge in [-0.2, -0.15) is 0 Å². The van der Waals surface area contributed by atoms with Gasteiger partial charge in [-0.1, -0.05) is 0 Å². The summed E-state index contributed by atoms with van der Waals surface area (Å²) >= 11 is 0. The molecule has 0 radical (unpaired) electrons. The van der Waals surface area contributed by atoms with Crippen molar-refractivity contribution in [3.05, 3.63) is 43.4 Å². The van der Waals surface area contributed by atoms with Crippen molar-refractivity contribution in [1.29, 1.82) is 0 Å². The van der Waals surface area contributed by atoms with Crippen molar-refractivity contribution < 1.29 is 9.15 Å². The van der Waals surface area contributed by atoms with Gasteiger partial charge in [-0.05, 0) is 19.0 Å². The van der Waals surface area contributed by atoms with Crippen LogP contribution in [0.3, 0.4) is 0 Å². The molecule has 3 aromatic rings. The van der Waals surface area contributed by atoms with Crippen LogP contribution in [-0.2, 0) is 4.74 Å². The van der Waals surface area contributed by atoms with E-state index in [1.54, 1.807) is 37.3 Å². The second kappa shape index (κ2) is 8.70. The summed E-state index contributed by atoms with van der Waals surface area (Å²) in [5.41, 5.74) is 3.21. The molecule has 4 heterocycles. The number of nitrogens with one attached hydrogen (secondary N) is 1. The van der Waals surface area contributed by atoms with Gasteiger partial charge in [-0.15, -0.1) is 0 Å². The molecule has 0 saturated carbocycles. The standard InChI is InChI=1S/C19H22N6O2/c1(6-25-7-10-26-11-8-25)3-22-19-23-12-16(17-13-20-4-5-21-17)18(24-19)15-2-9-27-14-15/h2,4-5,9,12-14H,1,3,6-8,10-11H2,(H,22,23,24). The zero-order valence-corrected chi connectivity index (χ0v) is 15.0. The molecule has 0 aliphatic carbocycles. The highest BCUT2D eigenvalue weighted by molar-refractivity contribution is 5.78. The van der Waals surface area contributed by atoms with Gasteiger partial charge in [0, 0.05) is 49.4 Å². The van der Waals surface area contributed by atoms with Crippen LogP contribution < -0.4 is 5.32 Å². The number of aromatic nitrogens is 4. The van der Waals surface area contributed by atoms with Gasteiger partial charge < -0.3 is 14.5 Å². The molecule has 1 aliphatic rings. The third-order valence-electron chi connectivity index (χ3n) is 4.46. The summed E-state index contributed by atoms with van der Waals surface area (Å²) in [5.74, 6) is 0.598. The molecule has 4 rings (SSSR count). The molecule has 1 fully saturated rings. The number of hydrogen-bond donors (Lipinski definition) is 1. The van der Waals surface area contributed by atoms with Gasteiger partial charge in [0.15, 0.2) is 0 Å². The number of morpholine rings is 1. The fourth-order valence-electron chi connectivity index (χ4n) is 3.04. The largest absolute Gasteiger partial charge is 0.472 e. The Balaban J connectivity index is 1.45. The molecule has 0 spiro atoms. The molecule has 0 aromatic carbocycles. The van der Waals surface area contributed by atoms with Crippen molar-refractivity contribution in [3.8, 4) is 22.5 Å². The van der Waals surface area contributed by atoms with E-state index in [1.165, 1.54) is 0 Å². The second-order valence-electron chi connectivity index (χ2n) is 6.29. The number of furan rings is 1. The Morgan fingerprint density at radius 2 is 2.04 bits per heavy atom. The predicted octanol–water partition coefficient (Wildman–Crippen LogP) is 2.33. The molecule has 3 aromatic heterocycles. The molecule has 8 heteroatoms. The Morgan fingerprint density at radius 3 is 2.81 bits per heavy atom. The van der Waals surface area contributed by atoms with E-state index < -0.39 is 0 Å². The predicted molar refractivity (Wildman–Crippen MR) is 101 cm³/mol. The Hall–Kier alpha value is -2.84. The van der Waals surface area contributed by atoms with Gasteiger partial charge in [0.2, 0.25) is 5.95 Å². The first-order chi connectivity index (χ1) is 13.4. The van der Waals surface area contributed by atoms with Gasteiger partial charge >= 0.3 is 0 Å². The van der Waals surface area contributed by atoms with Crippen molar-refractivity contribution in [2.45, 2.75) is 6.42 Å². The lowest BCUT2D eigenvalue weighted by Gasteiger charge is -2.26. The van der Waals surface area contributed by atoms with E-state index in [4.69, 9.17) is 14.1 Å². The minimum absolute atomic E-state index is 0.598. The van der Waals surface area contributed by atoms with Crippen LogP contribution in [-0.4, -0.2) is 64.2 Å². The molecule has 0 bridgehead atoms. The monoisotopic (exact) mass is 366 g/mol. The highest BCUT2D eigenvalue weighted by Gasteiger charge is 2.14. The minimum Gasteiger partial charge on any atom is -0.472 e. The van der Waals surface area contributed by atoms with Crippen molar-refractivity contribution in [2.75, 3.05) is 44.7 Å². The maximum Gasteiger partial charge on any atom is 0.223 e. The molecule has 0 amide bonds. The van der Waals surface area contributed by atoms with Gasteiger partial charge in [0.05, 0.1) is 43.3 Å². The van der Waals surface area contributed by atoms with Crippen LogP contribution >= 0.6 is 0 Å². The lowest BCUT2D eigenvalue weighted by Crippen LogP contribution is -2.37. The summed E-state index contributed by atoms with van der Waals surface area (Å²) in [6, 6.07) is 1.88. The minimum atomic E-state index is 0.598. The topological polar surface area (TPSA) is 89.2 Å². The van der Waals surface area contributed by atoms with E-state index in [2.05, 4.69) is 25.2 Å². The van der Waals surface area contributed by atoms with Crippen molar-refractivity contribution in [1.82, 2.24) is 24.8 Å². The summed E-state index contributed by atoms with van der Waals surface area (Å²) in [6.45, 7) is 5.53. The summed E-state index contributed by atoms with van der Waals surface area (Å²) in [6.07, 6.45) is 11.1. The highest BCUT2D eigenvalue weighted by atomic mass is 16.5. The second-order valence-corrected chi connectivity index (χ2v) is 6.29. The van der Waals surface area contributed by atoms with Crippen LogP contribution in [0.5, 0.6) is 0 Å². The summed E-state index contributed by atoms with van der Waals surface area (Å²) < 4.78 is 10.6. The third-order valence-corrected chi connectivity index (χ3v) is 4.46. The van der Waals surface area contributed by atoms with Crippen LogP contribution in [0.25, 0.3) is 22.5 Å². The van der Waals surface area contributed by atoms with E-state index in [0.29, 0.717) is 5.95 Å². The Bertz CT molecular complexity index is 835. The third kappa shape index (κ3) is 4.47. The zero-order chi connectivity index (χ0) is 18.3. The maximum absolute atomic E-state index is 5.38. The van der Waals surface area contributed by atoms with E-state index in [-0.39, 0.29) is 0 Å². The average molecular weight is 366 g/mol.